The summed E-state index contributed by atoms with van der Waals surface area (Å²) in [5.74, 6) is 1.27. The van der Waals surface area contributed by atoms with E-state index in [0.29, 0.717) is 50.0 Å². The zero-order valence-corrected chi connectivity index (χ0v) is 23.2. The number of benzene rings is 1. The van der Waals surface area contributed by atoms with Crippen molar-refractivity contribution in [3.8, 4) is 5.75 Å². The molecule has 1 aliphatic rings. The molecule has 3 heterocycles. The third-order valence-corrected chi connectivity index (χ3v) is 7.24. The van der Waals surface area contributed by atoms with Gasteiger partial charge in [-0.15, -0.1) is 0 Å². The number of thiazole rings is 1. The number of hydrogen-bond acceptors (Lipinski definition) is 8. The SMILES string of the molecule is CCCC1=C(C(=O)OCC)[C@H](c2ccccc2OC)n2c(s/c(=C/c3cc(Br)c(N(C)C)o3)c2=O)=N1. The molecule has 0 aliphatic carbocycles. The minimum Gasteiger partial charge on any atom is -0.496 e. The molecule has 0 amide bonds. The Morgan fingerprint density at radius 3 is 2.69 bits per heavy atom. The molecular weight excluding hydrogens is 546 g/mol. The lowest BCUT2D eigenvalue weighted by molar-refractivity contribution is -0.139. The second-order valence-electron chi connectivity index (χ2n) is 8.35. The third kappa shape index (κ3) is 4.79. The van der Waals surface area contributed by atoms with Crippen LogP contribution in [0.2, 0.25) is 0 Å². The Hall–Kier alpha value is -3.11. The molecule has 190 valence electrons. The second kappa shape index (κ2) is 10.9. The van der Waals surface area contributed by atoms with Crippen molar-refractivity contribution in [2.75, 3.05) is 32.7 Å². The van der Waals surface area contributed by atoms with Crippen molar-refractivity contribution < 1.29 is 18.7 Å². The van der Waals surface area contributed by atoms with Crippen LogP contribution in [0.15, 0.2) is 60.3 Å². The Bertz CT molecular complexity index is 1500. The van der Waals surface area contributed by atoms with Crippen molar-refractivity contribution in [3.05, 3.63) is 77.1 Å². The number of carbonyl (C=O) groups excluding carboxylic acids is 1. The van der Waals surface area contributed by atoms with Gasteiger partial charge >= 0.3 is 5.97 Å². The number of nitrogens with zero attached hydrogens (tertiary/aromatic N) is 3. The molecule has 4 rings (SSSR count). The van der Waals surface area contributed by atoms with Crippen LogP contribution in [0.5, 0.6) is 5.75 Å². The van der Waals surface area contributed by atoms with Crippen molar-refractivity contribution in [3.63, 3.8) is 0 Å². The summed E-state index contributed by atoms with van der Waals surface area (Å²) in [6.45, 7) is 4.00. The van der Waals surface area contributed by atoms with E-state index in [9.17, 15) is 9.59 Å². The van der Waals surface area contributed by atoms with E-state index in [2.05, 4.69) is 15.9 Å². The number of ether oxygens (including phenoxy) is 2. The molecule has 0 saturated heterocycles. The highest BCUT2D eigenvalue weighted by atomic mass is 79.9. The Kier molecular flexibility index (Phi) is 7.85. The van der Waals surface area contributed by atoms with Gasteiger partial charge in [-0.05, 0) is 35.3 Å². The Morgan fingerprint density at radius 2 is 2.06 bits per heavy atom. The van der Waals surface area contributed by atoms with Crippen LogP contribution < -0.4 is 24.5 Å². The molecule has 0 bridgehead atoms. The van der Waals surface area contributed by atoms with Crippen LogP contribution in [0.1, 0.15) is 44.1 Å². The fourth-order valence-electron chi connectivity index (χ4n) is 4.19. The monoisotopic (exact) mass is 573 g/mol. The van der Waals surface area contributed by atoms with Crippen molar-refractivity contribution in [1.82, 2.24) is 4.57 Å². The van der Waals surface area contributed by atoms with E-state index in [1.165, 1.54) is 11.3 Å². The molecule has 1 aliphatic heterocycles. The van der Waals surface area contributed by atoms with Gasteiger partial charge in [-0.2, -0.15) is 0 Å². The maximum absolute atomic E-state index is 13.8. The summed E-state index contributed by atoms with van der Waals surface area (Å²) in [5, 5.41) is 0. The lowest BCUT2D eigenvalue weighted by Gasteiger charge is -2.26. The number of anilines is 1. The number of methoxy groups -OCH3 is 1. The van der Waals surface area contributed by atoms with Gasteiger partial charge in [0.25, 0.3) is 5.56 Å². The first-order valence-electron chi connectivity index (χ1n) is 11.6. The molecule has 8 nitrogen and oxygen atoms in total. The van der Waals surface area contributed by atoms with Gasteiger partial charge in [0.15, 0.2) is 4.80 Å². The van der Waals surface area contributed by atoms with Gasteiger partial charge in [0.1, 0.15) is 17.6 Å². The first-order valence-corrected chi connectivity index (χ1v) is 13.2. The van der Waals surface area contributed by atoms with Crippen molar-refractivity contribution in [1.29, 1.82) is 0 Å². The lowest BCUT2D eigenvalue weighted by atomic mass is 9.93. The third-order valence-electron chi connectivity index (χ3n) is 5.69. The second-order valence-corrected chi connectivity index (χ2v) is 10.2. The van der Waals surface area contributed by atoms with Gasteiger partial charge in [-0.3, -0.25) is 9.36 Å². The zero-order chi connectivity index (χ0) is 26.0. The Labute approximate surface area is 221 Å². The highest BCUT2D eigenvalue weighted by Gasteiger charge is 2.35. The van der Waals surface area contributed by atoms with Crippen LogP contribution >= 0.6 is 27.3 Å². The number of halogens is 1. The predicted octanol–water partition coefficient (Wildman–Crippen LogP) is 4.01. The summed E-state index contributed by atoms with van der Waals surface area (Å²) in [5.41, 5.74) is 1.40. The molecule has 2 aromatic heterocycles. The van der Waals surface area contributed by atoms with E-state index >= 15 is 0 Å². The highest BCUT2D eigenvalue weighted by molar-refractivity contribution is 9.10. The van der Waals surface area contributed by atoms with Gasteiger partial charge in [0, 0.05) is 31.8 Å². The molecule has 36 heavy (non-hydrogen) atoms. The fraction of sp³-hybridized carbons (Fsp3) is 0.346. The van der Waals surface area contributed by atoms with Crippen LogP contribution in [0, 0.1) is 0 Å². The number of carbonyl (C=O) groups is 1. The molecule has 0 unspecified atom stereocenters. The first-order chi connectivity index (χ1) is 17.3. The topological polar surface area (TPSA) is 86.3 Å². The Morgan fingerprint density at radius 1 is 1.31 bits per heavy atom. The van der Waals surface area contributed by atoms with Gasteiger partial charge in [0.05, 0.1) is 34.0 Å². The van der Waals surface area contributed by atoms with Crippen LogP contribution in [0.3, 0.4) is 0 Å². The predicted molar refractivity (Wildman–Crippen MR) is 143 cm³/mol. The number of esters is 1. The summed E-state index contributed by atoms with van der Waals surface area (Å²) in [7, 11) is 5.32. The number of allylic oxidation sites excluding steroid dienone is 1. The van der Waals surface area contributed by atoms with Crippen molar-refractivity contribution in [2.45, 2.75) is 32.7 Å². The van der Waals surface area contributed by atoms with E-state index in [4.69, 9.17) is 18.9 Å². The van der Waals surface area contributed by atoms with Crippen LogP contribution in [-0.2, 0) is 9.53 Å². The van der Waals surface area contributed by atoms with Crippen LogP contribution in [0.25, 0.3) is 6.08 Å². The smallest absolute Gasteiger partial charge is 0.338 e. The summed E-state index contributed by atoms with van der Waals surface area (Å²) >= 11 is 4.76. The number of furan rings is 1. The Balaban J connectivity index is 2.00. The number of rotatable bonds is 8. The summed E-state index contributed by atoms with van der Waals surface area (Å²) in [4.78, 5) is 34.2. The van der Waals surface area contributed by atoms with E-state index in [1.807, 2.05) is 56.3 Å². The molecule has 10 heteroatoms. The van der Waals surface area contributed by atoms with Crippen molar-refractivity contribution >= 4 is 45.2 Å². The lowest BCUT2D eigenvalue weighted by Crippen LogP contribution is -2.40. The van der Waals surface area contributed by atoms with Gasteiger partial charge < -0.3 is 18.8 Å². The standard InChI is InChI=1S/C26H28BrN3O5S/c1-6-10-18-21(25(32)34-7-2)22(16-11-8-9-12-19(16)33-5)30-23(31)20(36-26(30)28-18)14-15-13-17(27)24(35-15)29(3)4/h8-9,11-14,22H,6-7,10H2,1-5H3/b20-14+/t22-/m0/s1. The normalized spacial score (nSPS) is 15.5. The number of aromatic nitrogens is 1. The maximum atomic E-state index is 13.8. The maximum Gasteiger partial charge on any atom is 0.338 e. The quantitative estimate of drug-likeness (QED) is 0.378. The van der Waals surface area contributed by atoms with Gasteiger partial charge in [-0.25, -0.2) is 9.79 Å². The highest BCUT2D eigenvalue weighted by Crippen LogP contribution is 2.37. The minimum absolute atomic E-state index is 0.215. The molecule has 0 radical (unpaired) electrons. The number of hydrogen-bond donors (Lipinski definition) is 0. The van der Waals surface area contributed by atoms with E-state index in [0.717, 1.165) is 10.9 Å². The summed E-state index contributed by atoms with van der Waals surface area (Å²) in [6, 6.07) is 8.47. The summed E-state index contributed by atoms with van der Waals surface area (Å²) < 4.78 is 19.8. The van der Waals surface area contributed by atoms with Crippen molar-refractivity contribution in [2.24, 2.45) is 4.99 Å². The minimum atomic E-state index is -0.735. The fourth-order valence-corrected chi connectivity index (χ4v) is 5.85. The molecule has 1 aromatic carbocycles. The van der Waals surface area contributed by atoms with E-state index < -0.39 is 12.0 Å². The summed E-state index contributed by atoms with van der Waals surface area (Å²) in [6.07, 6.45) is 3.05. The number of para-hydroxylation sites is 1. The number of fused-ring (bicyclic) bond motifs is 1. The molecular formula is C26H28BrN3O5S. The molecule has 0 N–H and O–H groups in total. The van der Waals surface area contributed by atoms with Gasteiger partial charge in [-0.1, -0.05) is 42.9 Å². The van der Waals surface area contributed by atoms with E-state index in [-0.39, 0.29) is 12.2 Å². The molecule has 1 atom stereocenters. The average molecular weight is 574 g/mol. The first kappa shape index (κ1) is 26.0. The largest absolute Gasteiger partial charge is 0.496 e. The van der Waals surface area contributed by atoms with E-state index in [1.54, 1.807) is 24.7 Å². The molecule has 3 aromatic rings. The average Bonchev–Trinajstić information content (AvgIpc) is 3.37. The molecule has 0 spiro atoms. The van der Waals surface area contributed by atoms with Gasteiger partial charge in [0.2, 0.25) is 5.88 Å². The molecule has 0 fully saturated rings. The molecule has 0 saturated carbocycles. The van der Waals surface area contributed by atoms with Crippen LogP contribution in [0.4, 0.5) is 5.88 Å². The van der Waals surface area contributed by atoms with Crippen LogP contribution in [-0.4, -0.2) is 38.3 Å². The zero-order valence-electron chi connectivity index (χ0n) is 20.8.